The number of rotatable bonds is 10. The zero-order valence-electron chi connectivity index (χ0n) is 22.9. The highest BCUT2D eigenvalue weighted by atomic mass is 35.5. The molecule has 2 heterocycles. The number of ether oxygens (including phenoxy) is 3. The van der Waals surface area contributed by atoms with Crippen molar-refractivity contribution >= 4 is 51.7 Å². The Balaban J connectivity index is 1.35. The van der Waals surface area contributed by atoms with Crippen molar-refractivity contribution in [2.45, 2.75) is 33.0 Å². The lowest BCUT2D eigenvalue weighted by Gasteiger charge is -2.27. The molecule has 5 rings (SSSR count). The summed E-state index contributed by atoms with van der Waals surface area (Å²) < 4.78 is 17.0. The third-order valence-corrected chi connectivity index (χ3v) is 8.47. The van der Waals surface area contributed by atoms with Gasteiger partial charge in [-0.1, -0.05) is 59.6 Å². The largest absolute Gasteiger partial charge is 0.493 e. The van der Waals surface area contributed by atoms with Gasteiger partial charge in [-0.05, 0) is 60.4 Å². The fourth-order valence-electron chi connectivity index (χ4n) is 4.73. The van der Waals surface area contributed by atoms with Crippen LogP contribution in [0.4, 0.5) is 5.00 Å². The van der Waals surface area contributed by atoms with Crippen LogP contribution in [0.25, 0.3) is 0 Å². The summed E-state index contributed by atoms with van der Waals surface area (Å²) in [5, 5.41) is 1.77. The number of nitrogens with zero attached hydrogens (tertiary/aromatic N) is 2. The first-order valence-corrected chi connectivity index (χ1v) is 14.9. The lowest BCUT2D eigenvalue weighted by atomic mass is 10.0. The van der Waals surface area contributed by atoms with Crippen LogP contribution < -0.4 is 9.47 Å². The van der Waals surface area contributed by atoms with Gasteiger partial charge in [0.1, 0.15) is 11.6 Å². The third kappa shape index (κ3) is 7.11. The van der Waals surface area contributed by atoms with Crippen LogP contribution in [0.15, 0.2) is 71.7 Å². The fraction of sp³-hybridized carbons (Fsp3) is 0.250. The van der Waals surface area contributed by atoms with Crippen LogP contribution in [0, 0.1) is 0 Å². The molecule has 0 unspecified atom stereocenters. The maximum Gasteiger partial charge on any atom is 0.341 e. The first kappa shape index (κ1) is 29.1. The van der Waals surface area contributed by atoms with E-state index in [2.05, 4.69) is 29.2 Å². The average Bonchev–Trinajstić information content (AvgIpc) is 3.34. The van der Waals surface area contributed by atoms with Crippen LogP contribution >= 0.6 is 34.5 Å². The van der Waals surface area contributed by atoms with Crippen molar-refractivity contribution in [1.29, 1.82) is 0 Å². The van der Waals surface area contributed by atoms with E-state index in [9.17, 15) is 4.79 Å². The molecule has 0 atom stereocenters. The zero-order valence-corrected chi connectivity index (χ0v) is 25.2. The van der Waals surface area contributed by atoms with Crippen LogP contribution in [0.2, 0.25) is 10.0 Å². The van der Waals surface area contributed by atoms with Crippen LogP contribution in [0.1, 0.15) is 44.4 Å². The molecule has 0 saturated carbocycles. The molecule has 1 aliphatic rings. The number of fused-ring (bicyclic) bond motifs is 1. The summed E-state index contributed by atoms with van der Waals surface area (Å²) in [6.45, 7) is 4.90. The first-order chi connectivity index (χ1) is 19.9. The summed E-state index contributed by atoms with van der Waals surface area (Å²) in [7, 11) is 1.59. The molecule has 0 aliphatic carbocycles. The lowest BCUT2D eigenvalue weighted by molar-refractivity contribution is 0.0526. The summed E-state index contributed by atoms with van der Waals surface area (Å²) in [5.41, 5.74) is 4.53. The predicted octanol–water partition coefficient (Wildman–Crippen LogP) is 8.13. The van der Waals surface area contributed by atoms with Gasteiger partial charge in [0.25, 0.3) is 0 Å². The number of thiophene rings is 1. The topological polar surface area (TPSA) is 60.4 Å². The monoisotopic (exact) mass is 608 g/mol. The molecule has 0 radical (unpaired) electrons. The second kappa shape index (κ2) is 13.5. The Labute approximate surface area is 254 Å². The second-order valence-corrected chi connectivity index (χ2v) is 11.5. The summed E-state index contributed by atoms with van der Waals surface area (Å²) in [6, 6.07) is 21.3. The number of hydrogen-bond acceptors (Lipinski definition) is 7. The summed E-state index contributed by atoms with van der Waals surface area (Å²) in [6.07, 6.45) is 2.52. The summed E-state index contributed by atoms with van der Waals surface area (Å²) >= 11 is 13.8. The van der Waals surface area contributed by atoms with E-state index in [1.54, 1.807) is 36.8 Å². The van der Waals surface area contributed by atoms with Crippen molar-refractivity contribution in [3.8, 4) is 11.5 Å². The van der Waals surface area contributed by atoms with Crippen LogP contribution in [-0.4, -0.2) is 37.3 Å². The average molecular weight is 610 g/mol. The van der Waals surface area contributed by atoms with Gasteiger partial charge in [0, 0.05) is 46.3 Å². The minimum atomic E-state index is -0.323. The minimum absolute atomic E-state index is 0.269. The Morgan fingerprint density at radius 3 is 2.66 bits per heavy atom. The van der Waals surface area contributed by atoms with Crippen molar-refractivity contribution in [2.75, 3.05) is 20.3 Å². The number of methoxy groups -OCH3 is 1. The second-order valence-electron chi connectivity index (χ2n) is 9.54. The van der Waals surface area contributed by atoms with Gasteiger partial charge in [-0.25, -0.2) is 9.79 Å². The molecular weight excluding hydrogens is 579 g/mol. The lowest BCUT2D eigenvalue weighted by Crippen LogP contribution is -2.29. The van der Waals surface area contributed by atoms with Gasteiger partial charge >= 0.3 is 5.97 Å². The van der Waals surface area contributed by atoms with Gasteiger partial charge in [0.2, 0.25) is 0 Å². The maximum absolute atomic E-state index is 13.0. The molecule has 0 amide bonds. The molecule has 9 heteroatoms. The highest BCUT2D eigenvalue weighted by molar-refractivity contribution is 7.16. The van der Waals surface area contributed by atoms with Crippen molar-refractivity contribution in [3.05, 3.63) is 109 Å². The summed E-state index contributed by atoms with van der Waals surface area (Å²) in [4.78, 5) is 21.3. The number of aliphatic imine (C=N–C) groups is 1. The molecule has 1 aliphatic heterocycles. The van der Waals surface area contributed by atoms with Crippen molar-refractivity contribution in [1.82, 2.24) is 4.90 Å². The van der Waals surface area contributed by atoms with E-state index in [1.807, 2.05) is 37.3 Å². The number of esters is 1. The van der Waals surface area contributed by atoms with E-state index >= 15 is 0 Å². The predicted molar refractivity (Wildman–Crippen MR) is 166 cm³/mol. The Bertz CT molecular complexity index is 1560. The standard InChI is InChI=1S/C32H30Cl2N2O4S/c1-3-39-32(37)30-25-13-14-36(18-21-7-5-4-6-8-21)19-29(25)41-31(30)35-17-22-9-12-27(28(15-22)38-2)40-20-23-10-11-24(33)16-26(23)34/h4-12,15-17H,3,13-14,18-20H2,1-2H3. The molecule has 0 N–H and O–H groups in total. The molecule has 41 heavy (non-hydrogen) atoms. The SMILES string of the molecule is CCOC(=O)c1c(N=Cc2ccc(OCc3ccc(Cl)cc3Cl)c(OC)c2)sc2c1CCN(Cc1ccccc1)C2. The molecule has 0 bridgehead atoms. The van der Waals surface area contributed by atoms with Crippen molar-refractivity contribution in [2.24, 2.45) is 4.99 Å². The number of benzene rings is 3. The molecule has 4 aromatic rings. The maximum atomic E-state index is 13.0. The number of halogens is 2. The molecule has 6 nitrogen and oxygen atoms in total. The van der Waals surface area contributed by atoms with Crippen LogP contribution in [0.5, 0.6) is 11.5 Å². The van der Waals surface area contributed by atoms with Gasteiger partial charge in [0.05, 0.1) is 19.3 Å². The number of carbonyl (C=O) groups is 1. The van der Waals surface area contributed by atoms with Gasteiger partial charge in [0.15, 0.2) is 11.5 Å². The smallest absolute Gasteiger partial charge is 0.341 e. The van der Waals surface area contributed by atoms with E-state index in [0.29, 0.717) is 38.7 Å². The minimum Gasteiger partial charge on any atom is -0.493 e. The first-order valence-electron chi connectivity index (χ1n) is 13.3. The molecule has 0 saturated heterocycles. The van der Waals surface area contributed by atoms with E-state index in [4.69, 9.17) is 42.4 Å². The highest BCUT2D eigenvalue weighted by Crippen LogP contribution is 2.40. The Morgan fingerprint density at radius 2 is 1.90 bits per heavy atom. The van der Waals surface area contributed by atoms with Gasteiger partial charge in [-0.2, -0.15) is 0 Å². The van der Waals surface area contributed by atoms with E-state index in [0.717, 1.165) is 47.6 Å². The molecular formula is C32H30Cl2N2O4S. The molecule has 212 valence electrons. The quantitative estimate of drug-likeness (QED) is 0.134. The van der Waals surface area contributed by atoms with Crippen molar-refractivity contribution in [3.63, 3.8) is 0 Å². The van der Waals surface area contributed by atoms with Crippen LogP contribution in [-0.2, 0) is 30.9 Å². The zero-order chi connectivity index (χ0) is 28.8. The van der Waals surface area contributed by atoms with E-state index in [1.165, 1.54) is 5.56 Å². The molecule has 1 aromatic heterocycles. The Morgan fingerprint density at radius 1 is 1.07 bits per heavy atom. The van der Waals surface area contributed by atoms with Crippen LogP contribution in [0.3, 0.4) is 0 Å². The Hall–Kier alpha value is -3.36. The van der Waals surface area contributed by atoms with Gasteiger partial charge in [-0.3, -0.25) is 4.90 Å². The normalized spacial score (nSPS) is 13.3. The molecule has 0 fully saturated rings. The molecule has 3 aromatic carbocycles. The fourth-order valence-corrected chi connectivity index (χ4v) is 6.42. The number of hydrogen-bond donors (Lipinski definition) is 0. The Kier molecular flexibility index (Phi) is 9.62. The van der Waals surface area contributed by atoms with E-state index < -0.39 is 0 Å². The third-order valence-electron chi connectivity index (χ3n) is 6.76. The summed E-state index contributed by atoms with van der Waals surface area (Å²) in [5.74, 6) is 0.815. The number of carbonyl (C=O) groups excluding carboxylic acids is 1. The van der Waals surface area contributed by atoms with Gasteiger partial charge in [-0.15, -0.1) is 11.3 Å². The van der Waals surface area contributed by atoms with Gasteiger partial charge < -0.3 is 14.2 Å². The van der Waals surface area contributed by atoms with Crippen molar-refractivity contribution < 1.29 is 19.0 Å². The highest BCUT2D eigenvalue weighted by Gasteiger charge is 2.28. The van der Waals surface area contributed by atoms with E-state index in [-0.39, 0.29) is 12.6 Å². The molecule has 0 spiro atoms.